The SMILES string of the molecule is CCOCc1ccccc1CNC(=O)c1ccc2c(c1)NC(=O)CS2. The molecule has 5 nitrogen and oxygen atoms in total. The van der Waals surface area contributed by atoms with Crippen molar-refractivity contribution in [1.29, 1.82) is 0 Å². The number of rotatable bonds is 6. The third-order valence-corrected chi connectivity index (χ3v) is 4.97. The second-order valence-electron chi connectivity index (χ2n) is 5.64. The quantitative estimate of drug-likeness (QED) is 0.834. The van der Waals surface area contributed by atoms with Gasteiger partial charge in [0.15, 0.2) is 0 Å². The Labute approximate surface area is 151 Å². The number of anilines is 1. The molecule has 1 heterocycles. The molecule has 0 saturated heterocycles. The lowest BCUT2D eigenvalue weighted by molar-refractivity contribution is -0.113. The fourth-order valence-electron chi connectivity index (χ4n) is 2.58. The van der Waals surface area contributed by atoms with Crippen molar-refractivity contribution in [3.8, 4) is 0 Å². The molecule has 0 spiro atoms. The minimum atomic E-state index is -0.168. The van der Waals surface area contributed by atoms with E-state index in [1.54, 1.807) is 12.1 Å². The van der Waals surface area contributed by atoms with Crippen molar-refractivity contribution in [1.82, 2.24) is 5.32 Å². The van der Waals surface area contributed by atoms with Crippen molar-refractivity contribution in [3.05, 3.63) is 59.2 Å². The second kappa shape index (κ2) is 8.18. The molecule has 2 aromatic carbocycles. The summed E-state index contributed by atoms with van der Waals surface area (Å²) in [7, 11) is 0. The van der Waals surface area contributed by atoms with Crippen molar-refractivity contribution < 1.29 is 14.3 Å². The lowest BCUT2D eigenvalue weighted by Gasteiger charge is -2.17. The smallest absolute Gasteiger partial charge is 0.251 e. The molecule has 0 atom stereocenters. The summed E-state index contributed by atoms with van der Waals surface area (Å²) in [6.07, 6.45) is 0. The molecule has 0 unspecified atom stereocenters. The van der Waals surface area contributed by atoms with Crippen LogP contribution in [-0.4, -0.2) is 24.2 Å². The number of carbonyl (C=O) groups is 2. The van der Waals surface area contributed by atoms with E-state index in [1.165, 1.54) is 11.8 Å². The Morgan fingerprint density at radius 3 is 2.84 bits per heavy atom. The van der Waals surface area contributed by atoms with Crippen molar-refractivity contribution in [2.45, 2.75) is 25.0 Å². The van der Waals surface area contributed by atoms with Gasteiger partial charge in [-0.05, 0) is 36.2 Å². The van der Waals surface area contributed by atoms with Gasteiger partial charge in [0, 0.05) is 23.6 Å². The lowest BCUT2D eigenvalue weighted by atomic mass is 10.1. The minimum absolute atomic E-state index is 0.0418. The van der Waals surface area contributed by atoms with Crippen molar-refractivity contribution >= 4 is 29.3 Å². The van der Waals surface area contributed by atoms with Crippen molar-refractivity contribution in [2.24, 2.45) is 0 Å². The van der Waals surface area contributed by atoms with Crippen LogP contribution in [0.5, 0.6) is 0 Å². The van der Waals surface area contributed by atoms with Crippen LogP contribution in [0.2, 0.25) is 0 Å². The Hall–Kier alpha value is -2.31. The minimum Gasteiger partial charge on any atom is -0.377 e. The van der Waals surface area contributed by atoms with Gasteiger partial charge in [-0.3, -0.25) is 9.59 Å². The summed E-state index contributed by atoms with van der Waals surface area (Å²) in [4.78, 5) is 24.9. The van der Waals surface area contributed by atoms with Gasteiger partial charge in [0.1, 0.15) is 0 Å². The third kappa shape index (κ3) is 4.41. The summed E-state index contributed by atoms with van der Waals surface area (Å²) in [5.74, 6) is 0.202. The Morgan fingerprint density at radius 1 is 1.24 bits per heavy atom. The van der Waals surface area contributed by atoms with E-state index in [0.717, 1.165) is 16.0 Å². The number of nitrogens with one attached hydrogen (secondary N) is 2. The van der Waals surface area contributed by atoms with E-state index < -0.39 is 0 Å². The number of ether oxygens (including phenoxy) is 1. The second-order valence-corrected chi connectivity index (χ2v) is 6.65. The first kappa shape index (κ1) is 17.5. The zero-order valence-corrected chi connectivity index (χ0v) is 14.8. The van der Waals surface area contributed by atoms with E-state index in [4.69, 9.17) is 4.74 Å². The number of fused-ring (bicyclic) bond motifs is 1. The molecule has 6 heteroatoms. The molecule has 2 amide bonds. The van der Waals surface area contributed by atoms with Crippen LogP contribution in [0.1, 0.15) is 28.4 Å². The van der Waals surface area contributed by atoms with Gasteiger partial charge in [0.05, 0.1) is 18.0 Å². The molecule has 0 bridgehead atoms. The van der Waals surface area contributed by atoms with Crippen LogP contribution < -0.4 is 10.6 Å². The fourth-order valence-corrected chi connectivity index (χ4v) is 3.37. The van der Waals surface area contributed by atoms with E-state index in [9.17, 15) is 9.59 Å². The monoisotopic (exact) mass is 356 g/mol. The van der Waals surface area contributed by atoms with Gasteiger partial charge in [-0.25, -0.2) is 0 Å². The van der Waals surface area contributed by atoms with Crippen molar-refractivity contribution in [2.75, 3.05) is 17.7 Å². The van der Waals surface area contributed by atoms with Gasteiger partial charge in [-0.1, -0.05) is 24.3 Å². The molecule has 1 aliphatic rings. The zero-order chi connectivity index (χ0) is 17.6. The molecule has 0 fully saturated rings. The molecule has 1 aliphatic heterocycles. The maximum Gasteiger partial charge on any atom is 0.251 e. The number of hydrogen-bond donors (Lipinski definition) is 2. The summed E-state index contributed by atoms with van der Waals surface area (Å²) in [5, 5.41) is 5.74. The Bertz CT molecular complexity index is 792. The van der Waals surface area contributed by atoms with Crippen LogP contribution in [0.3, 0.4) is 0 Å². The van der Waals surface area contributed by atoms with Gasteiger partial charge < -0.3 is 15.4 Å². The Kier molecular flexibility index (Phi) is 5.73. The summed E-state index contributed by atoms with van der Waals surface area (Å²) in [5.41, 5.74) is 3.33. The summed E-state index contributed by atoms with van der Waals surface area (Å²) in [6.45, 7) is 3.57. The third-order valence-electron chi connectivity index (χ3n) is 3.89. The Balaban J connectivity index is 1.67. The molecular weight excluding hydrogens is 336 g/mol. The Morgan fingerprint density at radius 2 is 2.04 bits per heavy atom. The first-order valence-electron chi connectivity index (χ1n) is 8.17. The van der Waals surface area contributed by atoms with Gasteiger partial charge in [0.2, 0.25) is 5.91 Å². The van der Waals surface area contributed by atoms with Gasteiger partial charge in [0.25, 0.3) is 5.91 Å². The molecule has 2 aromatic rings. The highest BCUT2D eigenvalue weighted by atomic mass is 32.2. The van der Waals surface area contributed by atoms with E-state index in [2.05, 4.69) is 10.6 Å². The van der Waals surface area contributed by atoms with E-state index in [0.29, 0.717) is 36.8 Å². The number of hydrogen-bond acceptors (Lipinski definition) is 4. The predicted octanol–water partition coefficient (Wildman–Crippen LogP) is 3.20. The predicted molar refractivity (Wildman–Crippen MR) is 98.7 cm³/mol. The van der Waals surface area contributed by atoms with Crippen LogP contribution in [-0.2, 0) is 22.7 Å². The van der Waals surface area contributed by atoms with E-state index in [1.807, 2.05) is 37.3 Å². The summed E-state index contributed by atoms with van der Waals surface area (Å²) < 4.78 is 5.47. The highest BCUT2D eigenvalue weighted by molar-refractivity contribution is 8.00. The van der Waals surface area contributed by atoms with Gasteiger partial charge in [-0.15, -0.1) is 11.8 Å². The maximum absolute atomic E-state index is 12.4. The van der Waals surface area contributed by atoms with Gasteiger partial charge >= 0.3 is 0 Å². The van der Waals surface area contributed by atoms with Crippen LogP contribution in [0.25, 0.3) is 0 Å². The molecule has 130 valence electrons. The molecule has 0 radical (unpaired) electrons. The molecule has 0 aromatic heterocycles. The lowest BCUT2D eigenvalue weighted by Crippen LogP contribution is -2.24. The standard InChI is InChI=1S/C19H20N2O3S/c1-2-24-11-15-6-4-3-5-14(15)10-20-19(23)13-7-8-17-16(9-13)21-18(22)12-25-17/h3-9H,2,10-12H2,1H3,(H,20,23)(H,21,22). The number of benzene rings is 2. The largest absolute Gasteiger partial charge is 0.377 e. The molecule has 25 heavy (non-hydrogen) atoms. The average Bonchev–Trinajstić information content (AvgIpc) is 2.64. The topological polar surface area (TPSA) is 67.4 Å². The fraction of sp³-hybridized carbons (Fsp3) is 0.263. The first-order chi connectivity index (χ1) is 12.2. The van der Waals surface area contributed by atoms with Crippen LogP contribution >= 0.6 is 11.8 Å². The zero-order valence-electron chi connectivity index (χ0n) is 14.0. The highest BCUT2D eigenvalue weighted by Gasteiger charge is 2.17. The molecule has 3 rings (SSSR count). The average molecular weight is 356 g/mol. The van der Waals surface area contributed by atoms with Crippen molar-refractivity contribution in [3.63, 3.8) is 0 Å². The summed E-state index contributed by atoms with van der Waals surface area (Å²) in [6, 6.07) is 13.3. The van der Waals surface area contributed by atoms with E-state index >= 15 is 0 Å². The molecule has 0 saturated carbocycles. The normalized spacial score (nSPS) is 13.1. The molecule has 2 N–H and O–H groups in total. The number of amides is 2. The molecule has 0 aliphatic carbocycles. The van der Waals surface area contributed by atoms with E-state index in [-0.39, 0.29) is 11.8 Å². The summed E-state index contributed by atoms with van der Waals surface area (Å²) >= 11 is 1.48. The maximum atomic E-state index is 12.4. The first-order valence-corrected chi connectivity index (χ1v) is 9.15. The number of thioether (sulfide) groups is 1. The van der Waals surface area contributed by atoms with Crippen LogP contribution in [0, 0.1) is 0 Å². The number of carbonyl (C=O) groups excluding carboxylic acids is 2. The molecular formula is C19H20N2O3S. The van der Waals surface area contributed by atoms with Crippen LogP contribution in [0.4, 0.5) is 5.69 Å². The van der Waals surface area contributed by atoms with Crippen LogP contribution in [0.15, 0.2) is 47.4 Å². The van der Waals surface area contributed by atoms with Gasteiger partial charge in [-0.2, -0.15) is 0 Å². The highest BCUT2D eigenvalue weighted by Crippen LogP contribution is 2.31.